The van der Waals surface area contributed by atoms with Gasteiger partial charge in [-0.05, 0) is 37.2 Å². The van der Waals surface area contributed by atoms with Crippen LogP contribution in [0.1, 0.15) is 21.7 Å². The molecule has 3 N–H and O–H groups in total. The number of furan rings is 1. The lowest BCUT2D eigenvalue weighted by Crippen LogP contribution is -2.31. The van der Waals surface area contributed by atoms with E-state index < -0.39 is 5.91 Å². The normalized spacial score (nSPS) is 10.8. The van der Waals surface area contributed by atoms with E-state index in [1.807, 2.05) is 19.2 Å². The average Bonchev–Trinajstić information content (AvgIpc) is 2.93. The summed E-state index contributed by atoms with van der Waals surface area (Å²) in [6.45, 7) is 1.50. The van der Waals surface area contributed by atoms with Gasteiger partial charge in [-0.25, -0.2) is 5.84 Å². The topological polar surface area (TPSA) is 84.4 Å². The molecule has 0 atom stereocenters. The van der Waals surface area contributed by atoms with E-state index in [2.05, 4.69) is 15.3 Å². The largest absolute Gasteiger partial charge is 0.459 e. The number of hydrogen-bond acceptors (Lipinski definition) is 5. The first-order valence-corrected chi connectivity index (χ1v) is 6.35. The molecule has 2 heterocycles. The van der Waals surface area contributed by atoms with Gasteiger partial charge in [0.15, 0.2) is 5.76 Å². The number of hydrazine groups is 1. The second-order valence-corrected chi connectivity index (χ2v) is 4.59. The molecular weight excluding hydrogens is 256 g/mol. The van der Waals surface area contributed by atoms with Gasteiger partial charge >= 0.3 is 5.91 Å². The predicted octanol–water partition coefficient (Wildman–Crippen LogP) is 0.953. The van der Waals surface area contributed by atoms with Gasteiger partial charge in [-0.3, -0.25) is 15.2 Å². The van der Waals surface area contributed by atoms with Crippen molar-refractivity contribution in [3.63, 3.8) is 0 Å². The van der Waals surface area contributed by atoms with Crippen molar-refractivity contribution in [3.8, 4) is 0 Å². The molecule has 1 amide bonds. The zero-order chi connectivity index (χ0) is 14.4. The first-order valence-electron chi connectivity index (χ1n) is 6.35. The quantitative estimate of drug-likeness (QED) is 0.465. The number of amides is 1. The number of nitrogen functional groups attached to an aromatic ring is 1. The van der Waals surface area contributed by atoms with Crippen molar-refractivity contribution in [2.75, 3.05) is 13.6 Å². The van der Waals surface area contributed by atoms with Crippen molar-refractivity contribution < 1.29 is 9.21 Å². The van der Waals surface area contributed by atoms with Gasteiger partial charge in [0.2, 0.25) is 0 Å². The number of likely N-dealkylation sites (N-methyl/N-ethyl adjacent to an activating group) is 1. The van der Waals surface area contributed by atoms with Crippen LogP contribution in [0.2, 0.25) is 0 Å². The molecule has 2 rings (SSSR count). The Labute approximate surface area is 117 Å². The Morgan fingerprint density at radius 1 is 1.40 bits per heavy atom. The summed E-state index contributed by atoms with van der Waals surface area (Å²) < 4.78 is 5.15. The van der Waals surface area contributed by atoms with E-state index in [0.717, 1.165) is 18.5 Å². The van der Waals surface area contributed by atoms with E-state index in [-0.39, 0.29) is 5.76 Å². The molecule has 6 heteroatoms. The van der Waals surface area contributed by atoms with Crippen LogP contribution >= 0.6 is 0 Å². The lowest BCUT2D eigenvalue weighted by atomic mass is 10.2. The van der Waals surface area contributed by atoms with Gasteiger partial charge in [0.25, 0.3) is 0 Å². The Morgan fingerprint density at radius 2 is 2.15 bits per heavy atom. The molecule has 0 bridgehead atoms. The summed E-state index contributed by atoms with van der Waals surface area (Å²) in [5.74, 6) is 4.98. The van der Waals surface area contributed by atoms with Gasteiger partial charge in [0.1, 0.15) is 0 Å². The Kier molecular flexibility index (Phi) is 4.86. The molecule has 0 saturated heterocycles. The smallest absolute Gasteiger partial charge is 0.301 e. The fourth-order valence-electron chi connectivity index (χ4n) is 1.96. The van der Waals surface area contributed by atoms with E-state index >= 15 is 0 Å². The molecule has 0 aromatic carbocycles. The maximum absolute atomic E-state index is 11.5. The zero-order valence-electron chi connectivity index (χ0n) is 11.4. The molecule has 0 fully saturated rings. The summed E-state index contributed by atoms with van der Waals surface area (Å²) in [5.41, 5.74) is 4.14. The van der Waals surface area contributed by atoms with E-state index in [1.54, 1.807) is 18.5 Å². The number of pyridine rings is 1. The molecule has 2 aromatic rings. The highest BCUT2D eigenvalue weighted by molar-refractivity contribution is 5.92. The number of nitrogens with two attached hydrogens (primary N) is 1. The molecule has 0 unspecified atom stereocenters. The van der Waals surface area contributed by atoms with Gasteiger partial charge in [0, 0.05) is 31.0 Å². The second-order valence-electron chi connectivity index (χ2n) is 4.59. The third-order valence-corrected chi connectivity index (χ3v) is 3.06. The van der Waals surface area contributed by atoms with Crippen LogP contribution in [0.5, 0.6) is 0 Å². The van der Waals surface area contributed by atoms with Crippen molar-refractivity contribution in [1.82, 2.24) is 15.3 Å². The van der Waals surface area contributed by atoms with Gasteiger partial charge in [-0.15, -0.1) is 0 Å². The number of rotatable bonds is 6. The molecular formula is C14H18N4O2. The summed E-state index contributed by atoms with van der Waals surface area (Å²) in [6.07, 6.45) is 6.00. The Balaban J connectivity index is 1.90. The standard InChI is InChI=1S/C14H18N4O2/c1-18(8-4-11-2-6-16-7-3-11)10-12-5-9-20-13(12)14(19)17-15/h2-3,5-7,9H,4,8,10,15H2,1H3,(H,17,19). The highest BCUT2D eigenvalue weighted by Gasteiger charge is 2.15. The van der Waals surface area contributed by atoms with Crippen molar-refractivity contribution in [3.05, 3.63) is 53.7 Å². The van der Waals surface area contributed by atoms with Crippen LogP contribution in [0, 0.1) is 0 Å². The number of hydrogen-bond donors (Lipinski definition) is 2. The fraction of sp³-hybridized carbons (Fsp3) is 0.286. The molecule has 0 aliphatic carbocycles. The highest BCUT2D eigenvalue weighted by Crippen LogP contribution is 2.12. The molecule has 6 nitrogen and oxygen atoms in total. The molecule has 20 heavy (non-hydrogen) atoms. The van der Waals surface area contributed by atoms with E-state index in [4.69, 9.17) is 10.3 Å². The maximum atomic E-state index is 11.5. The summed E-state index contributed by atoms with van der Waals surface area (Å²) in [6, 6.07) is 5.78. The van der Waals surface area contributed by atoms with Crippen LogP contribution in [0.15, 0.2) is 41.3 Å². The minimum absolute atomic E-state index is 0.267. The van der Waals surface area contributed by atoms with Crippen LogP contribution in [0.3, 0.4) is 0 Å². The number of nitrogens with one attached hydrogen (secondary N) is 1. The van der Waals surface area contributed by atoms with Crippen molar-refractivity contribution >= 4 is 5.91 Å². The predicted molar refractivity (Wildman–Crippen MR) is 74.6 cm³/mol. The lowest BCUT2D eigenvalue weighted by molar-refractivity contribution is 0.0923. The number of carbonyl (C=O) groups is 1. The highest BCUT2D eigenvalue weighted by atomic mass is 16.3. The second kappa shape index (κ2) is 6.83. The average molecular weight is 274 g/mol. The third kappa shape index (κ3) is 3.66. The molecule has 0 radical (unpaired) electrons. The van der Waals surface area contributed by atoms with Crippen molar-refractivity contribution in [2.45, 2.75) is 13.0 Å². The monoisotopic (exact) mass is 274 g/mol. The van der Waals surface area contributed by atoms with Gasteiger partial charge in [-0.1, -0.05) is 0 Å². The molecule has 2 aromatic heterocycles. The fourth-order valence-corrected chi connectivity index (χ4v) is 1.96. The maximum Gasteiger partial charge on any atom is 0.301 e. The number of nitrogens with zero attached hydrogens (tertiary/aromatic N) is 2. The van der Waals surface area contributed by atoms with E-state index in [9.17, 15) is 4.79 Å². The summed E-state index contributed by atoms with van der Waals surface area (Å²) in [4.78, 5) is 17.6. The molecule has 0 spiro atoms. The zero-order valence-corrected chi connectivity index (χ0v) is 11.4. The van der Waals surface area contributed by atoms with E-state index in [0.29, 0.717) is 6.54 Å². The summed E-state index contributed by atoms with van der Waals surface area (Å²) >= 11 is 0. The number of carbonyl (C=O) groups excluding carboxylic acids is 1. The third-order valence-electron chi connectivity index (χ3n) is 3.06. The Morgan fingerprint density at radius 3 is 2.85 bits per heavy atom. The van der Waals surface area contributed by atoms with Gasteiger partial charge < -0.3 is 9.32 Å². The lowest BCUT2D eigenvalue weighted by Gasteiger charge is -2.16. The van der Waals surface area contributed by atoms with Crippen LogP contribution in [-0.4, -0.2) is 29.4 Å². The molecule has 0 saturated carbocycles. The minimum atomic E-state index is -0.410. The van der Waals surface area contributed by atoms with Gasteiger partial charge in [-0.2, -0.15) is 0 Å². The summed E-state index contributed by atoms with van der Waals surface area (Å²) in [5, 5.41) is 0. The van der Waals surface area contributed by atoms with Gasteiger partial charge in [0.05, 0.1) is 6.26 Å². The molecule has 0 aliphatic heterocycles. The van der Waals surface area contributed by atoms with Crippen LogP contribution in [-0.2, 0) is 13.0 Å². The van der Waals surface area contributed by atoms with Crippen LogP contribution in [0.4, 0.5) is 0 Å². The Hall–Kier alpha value is -2.18. The SMILES string of the molecule is CN(CCc1ccncc1)Cc1ccoc1C(=O)NN. The number of aromatic nitrogens is 1. The van der Waals surface area contributed by atoms with Crippen molar-refractivity contribution in [1.29, 1.82) is 0 Å². The first kappa shape index (κ1) is 14.2. The van der Waals surface area contributed by atoms with Crippen LogP contribution in [0.25, 0.3) is 0 Å². The minimum Gasteiger partial charge on any atom is -0.459 e. The molecule has 106 valence electrons. The Bertz CT molecular complexity index is 553. The first-order chi connectivity index (χ1) is 9.70. The van der Waals surface area contributed by atoms with Crippen LogP contribution < -0.4 is 11.3 Å². The summed E-state index contributed by atoms with van der Waals surface area (Å²) in [7, 11) is 2.00. The molecule has 0 aliphatic rings. The van der Waals surface area contributed by atoms with E-state index in [1.165, 1.54) is 11.8 Å². The van der Waals surface area contributed by atoms with Crippen molar-refractivity contribution in [2.24, 2.45) is 5.84 Å².